The third-order valence-electron chi connectivity index (χ3n) is 3.62. The molecule has 0 amide bonds. The van der Waals surface area contributed by atoms with Crippen LogP contribution in [0.3, 0.4) is 0 Å². The first-order valence-electron chi connectivity index (χ1n) is 7.34. The SMILES string of the molecule is O=c1[nH]c(-n2cccn2)nc2cc(Cl)c(S(=O)c3ccccc3)cc12. The van der Waals surface area contributed by atoms with Crippen LogP contribution in [0.4, 0.5) is 0 Å². The predicted octanol–water partition coefficient (Wildman–Crippen LogP) is 2.93. The highest BCUT2D eigenvalue weighted by Crippen LogP contribution is 2.27. The number of halogens is 1. The number of aromatic nitrogens is 4. The smallest absolute Gasteiger partial charge is 0.260 e. The molecule has 6 nitrogen and oxygen atoms in total. The number of hydrogen-bond donors (Lipinski definition) is 1. The third-order valence-corrected chi connectivity index (χ3v) is 5.49. The molecule has 4 aromatic rings. The van der Waals surface area contributed by atoms with Crippen LogP contribution in [0, 0.1) is 0 Å². The summed E-state index contributed by atoms with van der Waals surface area (Å²) in [4.78, 5) is 20.5. The Morgan fingerprint density at radius 1 is 1.12 bits per heavy atom. The Hall–Kier alpha value is -2.77. The summed E-state index contributed by atoms with van der Waals surface area (Å²) in [7, 11) is -1.49. The van der Waals surface area contributed by atoms with Gasteiger partial charge in [-0.05, 0) is 30.3 Å². The maximum Gasteiger partial charge on any atom is 0.260 e. The fraction of sp³-hybridized carbons (Fsp3) is 0. The van der Waals surface area contributed by atoms with Crippen molar-refractivity contribution in [3.05, 3.63) is 76.3 Å². The maximum atomic E-state index is 12.8. The van der Waals surface area contributed by atoms with Gasteiger partial charge in [0, 0.05) is 17.3 Å². The van der Waals surface area contributed by atoms with E-state index in [-0.39, 0.29) is 11.5 Å². The minimum absolute atomic E-state index is 0.287. The monoisotopic (exact) mass is 370 g/mol. The van der Waals surface area contributed by atoms with Gasteiger partial charge in [-0.15, -0.1) is 0 Å². The summed E-state index contributed by atoms with van der Waals surface area (Å²) in [6.45, 7) is 0. The second-order valence-electron chi connectivity index (χ2n) is 5.22. The van der Waals surface area contributed by atoms with E-state index >= 15 is 0 Å². The summed E-state index contributed by atoms with van der Waals surface area (Å²) in [6, 6.07) is 13.7. The molecule has 0 aliphatic heterocycles. The van der Waals surface area contributed by atoms with E-state index in [0.717, 1.165) is 0 Å². The van der Waals surface area contributed by atoms with Crippen LogP contribution in [0.25, 0.3) is 16.9 Å². The Labute approximate surface area is 149 Å². The van der Waals surface area contributed by atoms with E-state index in [0.29, 0.717) is 25.7 Å². The number of aromatic amines is 1. The van der Waals surface area contributed by atoms with Gasteiger partial charge in [0.1, 0.15) is 0 Å². The molecule has 0 bridgehead atoms. The average molecular weight is 371 g/mol. The van der Waals surface area contributed by atoms with Gasteiger partial charge in [0.15, 0.2) is 0 Å². The molecule has 0 saturated heterocycles. The number of H-pyrrole nitrogens is 1. The van der Waals surface area contributed by atoms with Crippen molar-refractivity contribution in [1.29, 1.82) is 0 Å². The standard InChI is InChI=1S/C17H11ClN4O2S/c18-13-10-14-12(9-15(13)25(24)11-5-2-1-3-6-11)16(23)21-17(20-14)22-8-4-7-19-22/h1-10H,(H,20,21,23). The lowest BCUT2D eigenvalue weighted by Crippen LogP contribution is -2.14. The molecule has 0 spiro atoms. The van der Waals surface area contributed by atoms with Crippen molar-refractivity contribution in [2.45, 2.75) is 9.79 Å². The molecule has 2 aromatic heterocycles. The fourth-order valence-electron chi connectivity index (χ4n) is 2.44. The average Bonchev–Trinajstić information content (AvgIpc) is 3.16. The highest BCUT2D eigenvalue weighted by atomic mass is 35.5. The van der Waals surface area contributed by atoms with Crippen LogP contribution in [0.5, 0.6) is 0 Å². The Kier molecular flexibility index (Phi) is 3.95. The number of fused-ring (bicyclic) bond motifs is 1. The van der Waals surface area contributed by atoms with E-state index in [4.69, 9.17) is 11.6 Å². The number of nitrogens with zero attached hydrogens (tertiary/aromatic N) is 3. The minimum atomic E-state index is -1.49. The summed E-state index contributed by atoms with van der Waals surface area (Å²) < 4.78 is 14.2. The van der Waals surface area contributed by atoms with E-state index in [1.807, 2.05) is 6.07 Å². The molecule has 8 heteroatoms. The lowest BCUT2D eigenvalue weighted by molar-refractivity contribution is 0.683. The minimum Gasteiger partial charge on any atom is -0.290 e. The van der Waals surface area contributed by atoms with Gasteiger partial charge in [-0.3, -0.25) is 9.78 Å². The zero-order valence-corrected chi connectivity index (χ0v) is 14.3. The van der Waals surface area contributed by atoms with Crippen LogP contribution < -0.4 is 5.56 Å². The molecule has 1 N–H and O–H groups in total. The first-order valence-corrected chi connectivity index (χ1v) is 8.87. The quantitative estimate of drug-likeness (QED) is 0.601. The van der Waals surface area contributed by atoms with Crippen molar-refractivity contribution in [3.63, 3.8) is 0 Å². The van der Waals surface area contributed by atoms with Gasteiger partial charge in [-0.2, -0.15) is 5.10 Å². The van der Waals surface area contributed by atoms with E-state index < -0.39 is 10.8 Å². The highest BCUT2D eigenvalue weighted by Gasteiger charge is 2.15. The molecular formula is C17H11ClN4O2S. The summed E-state index contributed by atoms with van der Waals surface area (Å²) in [5.41, 5.74) is 0.0616. The molecular weight excluding hydrogens is 360 g/mol. The first kappa shape index (κ1) is 15.7. The van der Waals surface area contributed by atoms with Crippen LogP contribution >= 0.6 is 11.6 Å². The lowest BCUT2D eigenvalue weighted by Gasteiger charge is -2.08. The molecule has 1 unspecified atom stereocenters. The Bertz CT molecular complexity index is 1140. The van der Waals surface area contributed by atoms with Gasteiger partial charge in [0.05, 0.1) is 31.6 Å². The van der Waals surface area contributed by atoms with Crippen molar-refractivity contribution in [2.75, 3.05) is 0 Å². The Morgan fingerprint density at radius 2 is 1.92 bits per heavy atom. The summed E-state index contributed by atoms with van der Waals surface area (Å²) in [6.07, 6.45) is 3.26. The molecule has 1 atom stereocenters. The fourth-order valence-corrected chi connectivity index (χ4v) is 3.93. The molecule has 0 aliphatic rings. The van der Waals surface area contributed by atoms with Crippen molar-refractivity contribution >= 4 is 33.3 Å². The van der Waals surface area contributed by atoms with Gasteiger partial charge in [-0.1, -0.05) is 29.8 Å². The highest BCUT2D eigenvalue weighted by molar-refractivity contribution is 7.85. The number of rotatable bonds is 3. The Balaban J connectivity index is 1.88. The van der Waals surface area contributed by atoms with E-state index in [1.165, 1.54) is 10.7 Å². The van der Waals surface area contributed by atoms with Crippen LogP contribution in [0.1, 0.15) is 0 Å². The normalized spacial score (nSPS) is 12.4. The van der Waals surface area contributed by atoms with Gasteiger partial charge in [0.25, 0.3) is 5.56 Å². The van der Waals surface area contributed by atoms with Crippen molar-refractivity contribution in [2.24, 2.45) is 0 Å². The molecule has 0 aliphatic carbocycles. The predicted molar refractivity (Wildman–Crippen MR) is 95.6 cm³/mol. The van der Waals surface area contributed by atoms with Crippen molar-refractivity contribution < 1.29 is 4.21 Å². The molecule has 4 rings (SSSR count). The van der Waals surface area contributed by atoms with Crippen LogP contribution in [-0.4, -0.2) is 24.0 Å². The molecule has 0 radical (unpaired) electrons. The maximum absolute atomic E-state index is 12.8. The van der Waals surface area contributed by atoms with Gasteiger partial charge >= 0.3 is 0 Å². The van der Waals surface area contributed by atoms with Crippen LogP contribution in [0.15, 0.2) is 75.5 Å². The molecule has 124 valence electrons. The Morgan fingerprint density at radius 3 is 2.64 bits per heavy atom. The van der Waals surface area contributed by atoms with Crippen molar-refractivity contribution in [3.8, 4) is 5.95 Å². The largest absolute Gasteiger partial charge is 0.290 e. The summed E-state index contributed by atoms with van der Waals surface area (Å²) >= 11 is 6.31. The molecule has 0 fully saturated rings. The van der Waals surface area contributed by atoms with Crippen LogP contribution in [-0.2, 0) is 10.8 Å². The third kappa shape index (κ3) is 2.88. The van der Waals surface area contributed by atoms with E-state index in [1.54, 1.807) is 48.8 Å². The van der Waals surface area contributed by atoms with Gasteiger partial charge < -0.3 is 0 Å². The molecule has 25 heavy (non-hydrogen) atoms. The number of hydrogen-bond acceptors (Lipinski definition) is 4. The lowest BCUT2D eigenvalue weighted by atomic mass is 10.2. The molecule has 2 heterocycles. The number of nitrogens with one attached hydrogen (secondary N) is 1. The van der Waals surface area contributed by atoms with E-state index in [9.17, 15) is 9.00 Å². The van der Waals surface area contributed by atoms with Gasteiger partial charge in [-0.25, -0.2) is 13.9 Å². The summed E-state index contributed by atoms with van der Waals surface area (Å²) in [5, 5.41) is 4.65. The van der Waals surface area contributed by atoms with E-state index in [2.05, 4.69) is 15.1 Å². The van der Waals surface area contributed by atoms with Gasteiger partial charge in [0.2, 0.25) is 5.95 Å². The van der Waals surface area contributed by atoms with Crippen LogP contribution in [0.2, 0.25) is 5.02 Å². The molecule has 0 saturated carbocycles. The van der Waals surface area contributed by atoms with Crippen molar-refractivity contribution in [1.82, 2.24) is 19.7 Å². The zero-order valence-electron chi connectivity index (χ0n) is 12.7. The second-order valence-corrected chi connectivity index (χ2v) is 7.08. The zero-order chi connectivity index (χ0) is 17.4. The molecule has 2 aromatic carbocycles. The first-order chi connectivity index (χ1) is 12.1. The topological polar surface area (TPSA) is 80.6 Å². The summed E-state index contributed by atoms with van der Waals surface area (Å²) in [5.74, 6) is 0.287. The second kappa shape index (κ2) is 6.27. The number of benzene rings is 2.